The Morgan fingerprint density at radius 1 is 1.12 bits per heavy atom. The number of aryl methyl sites for hydroxylation is 1. The fourth-order valence-corrected chi connectivity index (χ4v) is 9.42. The van der Waals surface area contributed by atoms with Gasteiger partial charge in [0.2, 0.25) is 0 Å². The third kappa shape index (κ3) is 10.7. The van der Waals surface area contributed by atoms with Crippen molar-refractivity contribution in [2.75, 3.05) is 32.9 Å². The van der Waals surface area contributed by atoms with Crippen molar-refractivity contribution in [2.24, 2.45) is 23.7 Å². The second-order valence-electron chi connectivity index (χ2n) is 17.6. The van der Waals surface area contributed by atoms with E-state index in [0.717, 1.165) is 17.7 Å². The summed E-state index contributed by atoms with van der Waals surface area (Å²) in [6.07, 6.45) is 3.21. The van der Waals surface area contributed by atoms with Gasteiger partial charge in [0.1, 0.15) is 23.8 Å². The number of ether oxygens (including phenoxy) is 4. The topological polar surface area (TPSA) is 184 Å². The number of amides is 1. The van der Waals surface area contributed by atoms with Gasteiger partial charge in [-0.2, -0.15) is 0 Å². The van der Waals surface area contributed by atoms with Crippen LogP contribution in [0.3, 0.4) is 0 Å². The van der Waals surface area contributed by atoms with Crippen LogP contribution in [0.2, 0.25) is 0 Å². The van der Waals surface area contributed by atoms with Crippen molar-refractivity contribution < 1.29 is 38.4 Å². The number of aromatic nitrogens is 3. The van der Waals surface area contributed by atoms with E-state index in [2.05, 4.69) is 29.1 Å². The number of anilines is 1. The van der Waals surface area contributed by atoms with Crippen LogP contribution in [0.15, 0.2) is 43.1 Å². The number of unbranched alkanes of at least 4 members (excludes halogenated alkanes) is 1. The van der Waals surface area contributed by atoms with Crippen LogP contribution in [-0.4, -0.2) is 129 Å². The number of nitrogens with zero attached hydrogens (tertiary/aromatic N) is 5. The number of esters is 1. The Morgan fingerprint density at radius 3 is 2.53 bits per heavy atom. The summed E-state index contributed by atoms with van der Waals surface area (Å²) in [6, 6.07) is 6.55. The first-order valence-corrected chi connectivity index (χ1v) is 21.5. The van der Waals surface area contributed by atoms with E-state index >= 15 is 0 Å². The average molecular weight is 824 g/mol. The molecular formula is C44H69N7O8. The predicted molar refractivity (Wildman–Crippen MR) is 225 cm³/mol. The minimum absolute atomic E-state index is 0.0986. The number of rotatable bonds is 12. The Morgan fingerprint density at radius 2 is 1.85 bits per heavy atom. The summed E-state index contributed by atoms with van der Waals surface area (Å²) >= 11 is 0. The van der Waals surface area contributed by atoms with Crippen LogP contribution in [-0.2, 0) is 35.1 Å². The minimum atomic E-state index is -1.21. The molecule has 1 aromatic heterocycles. The van der Waals surface area contributed by atoms with Crippen molar-refractivity contribution in [3.05, 3.63) is 43.1 Å². The number of Topliss-reactive ketones (excluding diaryl/α,β-unsaturated/α-hetero) is 1. The number of hydrogen-bond acceptors (Lipinski definition) is 13. The quantitative estimate of drug-likeness (QED) is 0.0849. The lowest BCUT2D eigenvalue weighted by Gasteiger charge is -2.44. The van der Waals surface area contributed by atoms with E-state index in [-0.39, 0.29) is 35.8 Å². The van der Waals surface area contributed by atoms with Gasteiger partial charge in [-0.05, 0) is 111 Å². The van der Waals surface area contributed by atoms with Crippen LogP contribution < -0.4 is 11.1 Å². The summed E-state index contributed by atoms with van der Waals surface area (Å²) in [5, 5.41) is 23.8. The number of aliphatic hydroxyl groups is 1. The Kier molecular flexibility index (Phi) is 15.7. The Hall–Kier alpha value is -3.89. The third-order valence-electron chi connectivity index (χ3n) is 12.7. The molecule has 3 aliphatic rings. The first kappa shape index (κ1) is 46.2. The molecule has 2 aromatic rings. The number of aliphatic hydroxyl groups excluding tert-OH is 1. The zero-order chi connectivity index (χ0) is 43.2. The fourth-order valence-electron chi connectivity index (χ4n) is 9.42. The maximum atomic E-state index is 14.4. The number of nitrogens with one attached hydrogen (secondary N) is 1. The Labute approximate surface area is 350 Å². The van der Waals surface area contributed by atoms with Crippen molar-refractivity contribution in [3.63, 3.8) is 0 Å². The van der Waals surface area contributed by atoms with Crippen molar-refractivity contribution in [1.29, 1.82) is 0 Å². The molecule has 328 valence electrons. The lowest BCUT2D eigenvalue weighted by Crippen LogP contribution is -2.60. The van der Waals surface area contributed by atoms with Gasteiger partial charge in [0.25, 0.3) is 0 Å². The van der Waals surface area contributed by atoms with E-state index in [1.165, 1.54) is 0 Å². The van der Waals surface area contributed by atoms with Gasteiger partial charge in [-0.3, -0.25) is 19.2 Å². The molecule has 4 N–H and O–H groups in total. The van der Waals surface area contributed by atoms with E-state index < -0.39 is 60.1 Å². The number of likely N-dealkylation sites (N-methyl/N-ethyl adjacent to an activating group) is 1. The van der Waals surface area contributed by atoms with Gasteiger partial charge in [-0.15, -0.1) is 11.7 Å². The molecule has 3 saturated heterocycles. The van der Waals surface area contributed by atoms with E-state index in [1.807, 2.05) is 83.2 Å². The smallest absolute Gasteiger partial charge is 0.410 e. The summed E-state index contributed by atoms with van der Waals surface area (Å²) in [6.45, 7) is 18.8. The summed E-state index contributed by atoms with van der Waals surface area (Å²) < 4.78 is 27.1. The van der Waals surface area contributed by atoms with Gasteiger partial charge < -0.3 is 40.0 Å². The highest BCUT2D eigenvalue weighted by Crippen LogP contribution is 2.39. The number of benzene rings is 1. The minimum Gasteiger partial charge on any atom is -0.458 e. The van der Waals surface area contributed by atoms with Crippen LogP contribution in [0, 0.1) is 23.7 Å². The highest BCUT2D eigenvalue weighted by atomic mass is 16.7. The van der Waals surface area contributed by atoms with Gasteiger partial charge in [0.05, 0.1) is 24.4 Å². The lowest BCUT2D eigenvalue weighted by atomic mass is 9.79. The first-order chi connectivity index (χ1) is 28.0. The Bertz CT molecular complexity index is 1740. The Balaban J connectivity index is 1.37. The molecule has 0 aliphatic carbocycles. The van der Waals surface area contributed by atoms with E-state index in [4.69, 9.17) is 24.7 Å². The molecule has 3 aliphatic heterocycles. The molecule has 3 fully saturated rings. The van der Waals surface area contributed by atoms with E-state index in [0.29, 0.717) is 57.4 Å². The summed E-state index contributed by atoms with van der Waals surface area (Å²) in [5.41, 5.74) is 7.02. The number of nitrogen functional groups attached to an aromatic ring is 1. The van der Waals surface area contributed by atoms with Crippen molar-refractivity contribution in [1.82, 2.24) is 30.1 Å². The van der Waals surface area contributed by atoms with Crippen LogP contribution in [0.25, 0.3) is 11.3 Å². The standard InChI is InChI=1S/C44H69N7O8/c1-11-16-32-21-26(3)24-46-30(7)40-44(8,59-43(55)51(40)20-14-13-19-50-25-34(47-48-50)31-17-15-18-33(45)23-31)36(12-2)57-41(54)29(6)37(52)28(5)39(32)58-42-38(53)35(49(9)10)22-27(4)56-42/h11,15,17-18,23,25-30,32,35-36,38-40,42,46,53H,1,12-14,16,19-22,24,45H2,2-10H3/t26-,27?,28+,29-,30-,32+,35?,36-,38?,39-,40-,42+,44-/m1/s1. The normalized spacial score (nSPS) is 35.1. The van der Waals surface area contributed by atoms with Crippen LogP contribution in [0.4, 0.5) is 10.5 Å². The van der Waals surface area contributed by atoms with E-state index in [1.54, 1.807) is 23.4 Å². The molecule has 0 radical (unpaired) electrons. The second kappa shape index (κ2) is 20.1. The molecule has 1 amide bonds. The predicted octanol–water partition coefficient (Wildman–Crippen LogP) is 5.07. The number of fused-ring (bicyclic) bond motifs is 1. The SMILES string of the molecule is C=CC[C@H]1C[C@@H](C)CN[C@H](C)[C@H]2N(CCCCn3cc(-c4cccc(N)c4)nn3)C(=O)O[C@]2(C)[C@@H](CC)OC(=O)[C@H](C)C(=O)[C@H](C)[C@H]1O[C@@H]1OC(C)CC(N(C)C)C1O. The second-order valence-corrected chi connectivity index (χ2v) is 17.6. The number of nitrogens with two attached hydrogens (primary N) is 1. The number of cyclic esters (lactones) is 1. The molecule has 5 rings (SSSR count). The summed E-state index contributed by atoms with van der Waals surface area (Å²) in [7, 11) is 3.83. The molecule has 15 heteroatoms. The number of carbonyl (C=O) groups is 3. The number of carbonyl (C=O) groups excluding carboxylic acids is 3. The molecule has 13 atom stereocenters. The lowest BCUT2D eigenvalue weighted by molar-refractivity contribution is -0.278. The average Bonchev–Trinajstić information content (AvgIpc) is 3.77. The highest BCUT2D eigenvalue weighted by molar-refractivity contribution is 6.00. The maximum Gasteiger partial charge on any atom is 0.410 e. The molecule has 59 heavy (non-hydrogen) atoms. The van der Waals surface area contributed by atoms with Gasteiger partial charge in [-0.25, -0.2) is 4.79 Å². The molecule has 4 heterocycles. The van der Waals surface area contributed by atoms with Gasteiger partial charge >= 0.3 is 12.1 Å². The molecular weight excluding hydrogens is 755 g/mol. The van der Waals surface area contributed by atoms with E-state index in [9.17, 15) is 19.5 Å². The molecule has 3 unspecified atom stereocenters. The van der Waals surface area contributed by atoms with Crippen LogP contribution >= 0.6 is 0 Å². The third-order valence-corrected chi connectivity index (χ3v) is 12.7. The zero-order valence-electron chi connectivity index (χ0n) is 36.6. The monoisotopic (exact) mass is 824 g/mol. The fraction of sp³-hybridized carbons (Fsp3) is 0.705. The van der Waals surface area contributed by atoms with Crippen molar-refractivity contribution in [2.45, 2.75) is 148 Å². The number of ketones is 1. The number of allylic oxidation sites excluding steroid dienone is 1. The molecule has 15 nitrogen and oxygen atoms in total. The molecule has 0 bridgehead atoms. The largest absolute Gasteiger partial charge is 0.458 e. The van der Waals surface area contributed by atoms with Crippen LogP contribution in [0.1, 0.15) is 87.0 Å². The number of hydrogen-bond donors (Lipinski definition) is 3. The molecule has 1 aromatic carbocycles. The first-order valence-electron chi connectivity index (χ1n) is 21.5. The zero-order valence-corrected chi connectivity index (χ0v) is 36.6. The highest BCUT2D eigenvalue weighted by Gasteiger charge is 2.58. The molecule has 0 spiro atoms. The summed E-state index contributed by atoms with van der Waals surface area (Å²) in [4.78, 5) is 45.9. The van der Waals surface area contributed by atoms with Crippen molar-refractivity contribution >= 4 is 23.5 Å². The van der Waals surface area contributed by atoms with Gasteiger partial charge in [0.15, 0.2) is 17.7 Å². The van der Waals surface area contributed by atoms with Crippen LogP contribution in [0.5, 0.6) is 0 Å². The summed E-state index contributed by atoms with van der Waals surface area (Å²) in [5.74, 6) is -2.99. The van der Waals surface area contributed by atoms with Crippen molar-refractivity contribution in [3.8, 4) is 11.3 Å². The maximum absolute atomic E-state index is 14.4. The molecule has 0 saturated carbocycles. The van der Waals surface area contributed by atoms with Gasteiger partial charge in [0, 0.05) is 42.3 Å². The van der Waals surface area contributed by atoms with Gasteiger partial charge in [-0.1, -0.05) is 44.2 Å².